The number of benzene rings is 2. The molecule has 2 aromatic rings. The van der Waals surface area contributed by atoms with Gasteiger partial charge < -0.3 is 24.4 Å². The second-order valence-electron chi connectivity index (χ2n) is 6.82. The zero-order valence-electron chi connectivity index (χ0n) is 16.9. The lowest BCUT2D eigenvalue weighted by atomic mass is 9.95. The summed E-state index contributed by atoms with van der Waals surface area (Å²) in [5, 5.41) is 2.94. The van der Waals surface area contributed by atoms with Crippen molar-refractivity contribution >= 4 is 17.5 Å². The van der Waals surface area contributed by atoms with Gasteiger partial charge in [-0.15, -0.1) is 0 Å². The van der Waals surface area contributed by atoms with Crippen LogP contribution in [0.3, 0.4) is 0 Å². The minimum Gasteiger partial charge on any atom is -0.497 e. The molecule has 0 spiro atoms. The fraction of sp³-hybridized carbons (Fsp3) is 0.364. The van der Waals surface area contributed by atoms with Gasteiger partial charge in [0, 0.05) is 24.7 Å². The summed E-state index contributed by atoms with van der Waals surface area (Å²) in [5.41, 5.74) is 1.15. The van der Waals surface area contributed by atoms with Crippen molar-refractivity contribution in [1.82, 2.24) is 4.90 Å². The quantitative estimate of drug-likeness (QED) is 0.809. The smallest absolute Gasteiger partial charge is 0.261 e. The van der Waals surface area contributed by atoms with Gasteiger partial charge in [-0.3, -0.25) is 9.59 Å². The van der Waals surface area contributed by atoms with Gasteiger partial charge >= 0.3 is 0 Å². The summed E-state index contributed by atoms with van der Waals surface area (Å²) in [5.74, 6) is 1.38. The Morgan fingerprint density at radius 1 is 0.897 bits per heavy atom. The average molecular weight is 398 g/mol. The Labute approximate surface area is 170 Å². The lowest BCUT2D eigenvalue weighted by molar-refractivity contribution is -0.121. The second kappa shape index (κ2) is 9.32. The van der Waals surface area contributed by atoms with Crippen LogP contribution >= 0.6 is 0 Å². The highest BCUT2D eigenvalue weighted by atomic mass is 16.5. The third-order valence-electron chi connectivity index (χ3n) is 5.15. The Morgan fingerprint density at radius 2 is 1.48 bits per heavy atom. The maximum absolute atomic E-state index is 13.0. The summed E-state index contributed by atoms with van der Waals surface area (Å²) in [7, 11) is 4.66. The van der Waals surface area contributed by atoms with Crippen LogP contribution in [0.4, 0.5) is 5.69 Å². The summed E-state index contributed by atoms with van der Waals surface area (Å²) in [4.78, 5) is 27.4. The molecule has 0 unspecified atom stereocenters. The van der Waals surface area contributed by atoms with Gasteiger partial charge in [-0.2, -0.15) is 0 Å². The van der Waals surface area contributed by atoms with E-state index >= 15 is 0 Å². The maximum Gasteiger partial charge on any atom is 0.261 e. The van der Waals surface area contributed by atoms with Crippen molar-refractivity contribution in [3.63, 3.8) is 0 Å². The Morgan fingerprint density at radius 3 is 2.00 bits per heavy atom. The van der Waals surface area contributed by atoms with Crippen LogP contribution in [0.15, 0.2) is 42.5 Å². The number of rotatable bonds is 6. The van der Waals surface area contributed by atoms with E-state index in [1.807, 2.05) is 12.1 Å². The van der Waals surface area contributed by atoms with Crippen LogP contribution in [0.25, 0.3) is 0 Å². The van der Waals surface area contributed by atoms with E-state index in [1.54, 1.807) is 42.3 Å². The van der Waals surface area contributed by atoms with Crippen LogP contribution < -0.4 is 19.5 Å². The van der Waals surface area contributed by atoms with Gasteiger partial charge in [0.05, 0.1) is 21.3 Å². The summed E-state index contributed by atoms with van der Waals surface area (Å²) in [6.07, 6.45) is 1.20. The van der Waals surface area contributed by atoms with Gasteiger partial charge in [-0.05, 0) is 49.2 Å². The molecule has 0 aliphatic carbocycles. The number of piperidine rings is 1. The summed E-state index contributed by atoms with van der Waals surface area (Å²) >= 11 is 0. The molecule has 2 aromatic carbocycles. The molecular formula is C22H26N2O5. The molecule has 1 N–H and O–H groups in total. The van der Waals surface area contributed by atoms with Gasteiger partial charge in [-0.1, -0.05) is 6.07 Å². The van der Waals surface area contributed by atoms with Crippen molar-refractivity contribution in [3.8, 4) is 17.2 Å². The average Bonchev–Trinajstić information content (AvgIpc) is 2.78. The predicted molar refractivity (Wildman–Crippen MR) is 110 cm³/mol. The van der Waals surface area contributed by atoms with Crippen molar-refractivity contribution < 1.29 is 23.8 Å². The number of amides is 2. The van der Waals surface area contributed by atoms with E-state index in [-0.39, 0.29) is 17.7 Å². The fourth-order valence-corrected chi connectivity index (χ4v) is 3.48. The molecule has 2 amide bonds. The third kappa shape index (κ3) is 4.62. The van der Waals surface area contributed by atoms with Crippen LogP contribution in [0.5, 0.6) is 17.2 Å². The molecule has 1 aliphatic rings. The van der Waals surface area contributed by atoms with Crippen LogP contribution in [0.2, 0.25) is 0 Å². The largest absolute Gasteiger partial charge is 0.497 e. The van der Waals surface area contributed by atoms with Crippen molar-refractivity contribution in [2.75, 3.05) is 39.7 Å². The molecule has 0 saturated carbocycles. The Balaban J connectivity index is 1.61. The normalized spacial score (nSPS) is 14.2. The monoisotopic (exact) mass is 398 g/mol. The molecular weight excluding hydrogens is 372 g/mol. The van der Waals surface area contributed by atoms with Crippen molar-refractivity contribution in [3.05, 3.63) is 48.0 Å². The van der Waals surface area contributed by atoms with Crippen LogP contribution in [0.1, 0.15) is 23.2 Å². The maximum atomic E-state index is 13.0. The molecule has 7 nitrogen and oxygen atoms in total. The van der Waals surface area contributed by atoms with E-state index in [1.165, 1.54) is 14.2 Å². The number of hydrogen-bond donors (Lipinski definition) is 1. The third-order valence-corrected chi connectivity index (χ3v) is 5.15. The minimum atomic E-state index is -0.145. The van der Waals surface area contributed by atoms with Gasteiger partial charge in [0.1, 0.15) is 22.8 Å². The topological polar surface area (TPSA) is 77.1 Å². The summed E-state index contributed by atoms with van der Waals surface area (Å²) in [6, 6.07) is 12.5. The van der Waals surface area contributed by atoms with E-state index < -0.39 is 0 Å². The molecule has 29 heavy (non-hydrogen) atoms. The molecule has 7 heteroatoms. The molecule has 0 aromatic heterocycles. The molecule has 1 heterocycles. The zero-order chi connectivity index (χ0) is 20.8. The van der Waals surface area contributed by atoms with Crippen molar-refractivity contribution in [2.24, 2.45) is 5.92 Å². The highest BCUT2D eigenvalue weighted by Gasteiger charge is 2.30. The number of methoxy groups -OCH3 is 3. The summed E-state index contributed by atoms with van der Waals surface area (Å²) < 4.78 is 15.8. The van der Waals surface area contributed by atoms with Gasteiger partial charge in [0.15, 0.2) is 0 Å². The van der Waals surface area contributed by atoms with E-state index in [4.69, 9.17) is 14.2 Å². The van der Waals surface area contributed by atoms with E-state index in [0.29, 0.717) is 43.0 Å². The lowest BCUT2D eigenvalue weighted by Crippen LogP contribution is -2.41. The number of anilines is 1. The molecule has 0 bridgehead atoms. The number of hydrogen-bond acceptors (Lipinski definition) is 5. The molecule has 154 valence electrons. The van der Waals surface area contributed by atoms with E-state index in [2.05, 4.69) is 5.32 Å². The van der Waals surface area contributed by atoms with Gasteiger partial charge in [0.25, 0.3) is 5.91 Å². The first-order chi connectivity index (χ1) is 14.1. The predicted octanol–water partition coefficient (Wildman–Crippen LogP) is 3.20. The Kier molecular flexibility index (Phi) is 6.59. The first-order valence-electron chi connectivity index (χ1n) is 9.52. The summed E-state index contributed by atoms with van der Waals surface area (Å²) in [6.45, 7) is 1.00. The second-order valence-corrected chi connectivity index (χ2v) is 6.82. The van der Waals surface area contributed by atoms with Gasteiger partial charge in [0.2, 0.25) is 5.91 Å². The Bertz CT molecular complexity index is 836. The molecule has 3 rings (SSSR count). The number of carbonyl (C=O) groups excluding carboxylic acids is 2. The minimum absolute atomic E-state index is 0.0304. The van der Waals surface area contributed by atoms with Crippen LogP contribution in [-0.4, -0.2) is 51.1 Å². The lowest BCUT2D eigenvalue weighted by Gasteiger charge is -2.32. The number of ether oxygens (including phenoxy) is 3. The SMILES string of the molecule is COc1ccc(NC(=O)C2CCN(C(=O)c3c(OC)cccc3OC)CC2)cc1. The number of nitrogens with one attached hydrogen (secondary N) is 1. The molecule has 0 radical (unpaired) electrons. The molecule has 1 fully saturated rings. The van der Waals surface area contributed by atoms with Crippen molar-refractivity contribution in [1.29, 1.82) is 0 Å². The van der Waals surface area contributed by atoms with E-state index in [0.717, 1.165) is 11.4 Å². The highest BCUT2D eigenvalue weighted by molar-refractivity contribution is 6.00. The highest BCUT2D eigenvalue weighted by Crippen LogP contribution is 2.31. The van der Waals surface area contributed by atoms with Crippen LogP contribution in [-0.2, 0) is 4.79 Å². The zero-order valence-corrected chi connectivity index (χ0v) is 16.9. The van der Waals surface area contributed by atoms with Crippen LogP contribution in [0, 0.1) is 5.92 Å². The van der Waals surface area contributed by atoms with Gasteiger partial charge in [-0.25, -0.2) is 0 Å². The van der Waals surface area contributed by atoms with Crippen molar-refractivity contribution in [2.45, 2.75) is 12.8 Å². The molecule has 1 aliphatic heterocycles. The number of nitrogens with zero attached hydrogens (tertiary/aromatic N) is 1. The molecule has 1 saturated heterocycles. The van der Waals surface area contributed by atoms with E-state index in [9.17, 15) is 9.59 Å². The first kappa shape index (κ1) is 20.5. The number of likely N-dealkylation sites (tertiary alicyclic amines) is 1. The standard InChI is InChI=1S/C22H26N2O5/c1-27-17-9-7-16(8-10-17)23-21(25)15-11-13-24(14-12-15)22(26)20-18(28-2)5-4-6-19(20)29-3/h4-10,15H,11-14H2,1-3H3,(H,23,25). The number of carbonyl (C=O) groups is 2. The fourth-order valence-electron chi connectivity index (χ4n) is 3.48. The first-order valence-corrected chi connectivity index (χ1v) is 9.52. The molecule has 0 atom stereocenters. The Hall–Kier alpha value is -3.22.